The zero-order chi connectivity index (χ0) is 13.9. The maximum Gasteiger partial charge on any atom is 0.310 e. The molecule has 0 spiro atoms. The highest BCUT2D eigenvalue weighted by atomic mass is 32.2. The SMILES string of the molecule is CCOC(=O)C1C(/C=C/Sc2ccccc2)C1(C)C. The van der Waals surface area contributed by atoms with E-state index < -0.39 is 0 Å². The largest absolute Gasteiger partial charge is 0.466 e. The van der Waals surface area contributed by atoms with Crippen LogP contribution < -0.4 is 0 Å². The molecular weight excluding hydrogens is 256 g/mol. The summed E-state index contributed by atoms with van der Waals surface area (Å²) in [4.78, 5) is 13.0. The molecule has 102 valence electrons. The van der Waals surface area contributed by atoms with Gasteiger partial charge in [-0.25, -0.2) is 0 Å². The summed E-state index contributed by atoms with van der Waals surface area (Å²) in [5.41, 5.74) is 0.0278. The van der Waals surface area contributed by atoms with E-state index in [4.69, 9.17) is 4.74 Å². The van der Waals surface area contributed by atoms with Crippen molar-refractivity contribution in [1.82, 2.24) is 0 Å². The van der Waals surface area contributed by atoms with E-state index in [0.717, 1.165) is 0 Å². The van der Waals surface area contributed by atoms with Crippen molar-refractivity contribution < 1.29 is 9.53 Å². The molecule has 2 nitrogen and oxygen atoms in total. The molecule has 0 amide bonds. The second-order valence-electron chi connectivity index (χ2n) is 5.34. The molecule has 1 aliphatic carbocycles. The molecule has 0 heterocycles. The van der Waals surface area contributed by atoms with Gasteiger partial charge in [0, 0.05) is 4.90 Å². The highest BCUT2D eigenvalue weighted by molar-refractivity contribution is 8.02. The van der Waals surface area contributed by atoms with Crippen molar-refractivity contribution >= 4 is 17.7 Å². The number of ether oxygens (including phenoxy) is 1. The molecule has 0 aliphatic heterocycles. The highest BCUT2D eigenvalue weighted by Gasteiger charge is 2.61. The van der Waals surface area contributed by atoms with Crippen molar-refractivity contribution in [2.75, 3.05) is 6.61 Å². The van der Waals surface area contributed by atoms with Crippen LogP contribution in [0.5, 0.6) is 0 Å². The molecule has 1 fully saturated rings. The van der Waals surface area contributed by atoms with E-state index >= 15 is 0 Å². The molecular formula is C16H20O2S. The number of hydrogen-bond acceptors (Lipinski definition) is 3. The van der Waals surface area contributed by atoms with Gasteiger partial charge in [-0.15, -0.1) is 0 Å². The van der Waals surface area contributed by atoms with Gasteiger partial charge in [0.25, 0.3) is 0 Å². The van der Waals surface area contributed by atoms with Crippen LogP contribution in [0.2, 0.25) is 0 Å². The first kappa shape index (κ1) is 14.2. The fourth-order valence-electron chi connectivity index (χ4n) is 2.42. The lowest BCUT2D eigenvalue weighted by Gasteiger charge is -2.01. The van der Waals surface area contributed by atoms with Crippen molar-refractivity contribution in [3.63, 3.8) is 0 Å². The fraction of sp³-hybridized carbons (Fsp3) is 0.438. The number of allylic oxidation sites excluding steroid dienone is 1. The maximum atomic E-state index is 11.8. The van der Waals surface area contributed by atoms with Gasteiger partial charge >= 0.3 is 5.97 Å². The predicted octanol–water partition coefficient (Wildman–Crippen LogP) is 4.13. The first-order valence-electron chi connectivity index (χ1n) is 6.62. The average molecular weight is 276 g/mol. The van der Waals surface area contributed by atoms with Crippen molar-refractivity contribution in [3.05, 3.63) is 41.8 Å². The van der Waals surface area contributed by atoms with Gasteiger partial charge in [-0.05, 0) is 35.8 Å². The van der Waals surface area contributed by atoms with Gasteiger partial charge in [0.1, 0.15) is 0 Å². The van der Waals surface area contributed by atoms with E-state index in [2.05, 4.69) is 37.5 Å². The molecule has 0 bridgehead atoms. The van der Waals surface area contributed by atoms with Crippen LogP contribution in [-0.4, -0.2) is 12.6 Å². The third-order valence-corrected chi connectivity index (χ3v) is 4.52. The Kier molecular flexibility index (Phi) is 4.35. The van der Waals surface area contributed by atoms with Crippen LogP contribution in [0.15, 0.2) is 46.7 Å². The van der Waals surface area contributed by atoms with Gasteiger partial charge < -0.3 is 4.74 Å². The van der Waals surface area contributed by atoms with Gasteiger partial charge in [0.15, 0.2) is 0 Å². The van der Waals surface area contributed by atoms with E-state index in [1.54, 1.807) is 11.8 Å². The van der Waals surface area contributed by atoms with Gasteiger partial charge in [0.2, 0.25) is 0 Å². The Morgan fingerprint density at radius 2 is 2.05 bits per heavy atom. The number of carbonyl (C=O) groups excluding carboxylic acids is 1. The molecule has 19 heavy (non-hydrogen) atoms. The quantitative estimate of drug-likeness (QED) is 0.597. The normalized spacial score (nSPS) is 24.4. The third kappa shape index (κ3) is 3.21. The van der Waals surface area contributed by atoms with E-state index in [1.165, 1.54) is 4.90 Å². The molecule has 1 saturated carbocycles. The third-order valence-electron chi connectivity index (χ3n) is 3.68. The van der Waals surface area contributed by atoms with Crippen LogP contribution in [0.4, 0.5) is 0 Å². The fourth-order valence-corrected chi connectivity index (χ4v) is 3.14. The number of rotatable bonds is 5. The summed E-state index contributed by atoms with van der Waals surface area (Å²) < 4.78 is 5.12. The first-order chi connectivity index (χ1) is 9.07. The smallest absolute Gasteiger partial charge is 0.310 e. The molecule has 0 radical (unpaired) electrons. The van der Waals surface area contributed by atoms with E-state index in [9.17, 15) is 4.79 Å². The van der Waals surface area contributed by atoms with Crippen LogP contribution in [-0.2, 0) is 9.53 Å². The van der Waals surface area contributed by atoms with Gasteiger partial charge in [-0.1, -0.05) is 49.9 Å². The van der Waals surface area contributed by atoms with E-state index in [0.29, 0.717) is 12.5 Å². The minimum Gasteiger partial charge on any atom is -0.466 e. The highest BCUT2D eigenvalue weighted by Crippen LogP contribution is 2.59. The van der Waals surface area contributed by atoms with Gasteiger partial charge in [-0.2, -0.15) is 0 Å². The Morgan fingerprint density at radius 1 is 1.37 bits per heavy atom. The molecule has 2 atom stereocenters. The number of benzene rings is 1. The molecule has 3 heteroatoms. The monoisotopic (exact) mass is 276 g/mol. The lowest BCUT2D eigenvalue weighted by molar-refractivity contribution is -0.145. The summed E-state index contributed by atoms with van der Waals surface area (Å²) in [6, 6.07) is 10.2. The van der Waals surface area contributed by atoms with Crippen LogP contribution >= 0.6 is 11.8 Å². The summed E-state index contributed by atoms with van der Waals surface area (Å²) in [6.45, 7) is 6.55. The van der Waals surface area contributed by atoms with Crippen molar-refractivity contribution in [2.24, 2.45) is 17.3 Å². The summed E-state index contributed by atoms with van der Waals surface area (Å²) in [7, 11) is 0. The molecule has 0 N–H and O–H groups in total. The van der Waals surface area contributed by atoms with Gasteiger partial charge in [0.05, 0.1) is 12.5 Å². The van der Waals surface area contributed by atoms with Crippen molar-refractivity contribution in [1.29, 1.82) is 0 Å². The van der Waals surface area contributed by atoms with Crippen molar-refractivity contribution in [3.8, 4) is 0 Å². The maximum absolute atomic E-state index is 11.8. The van der Waals surface area contributed by atoms with Crippen molar-refractivity contribution in [2.45, 2.75) is 25.7 Å². The Labute approximate surface area is 119 Å². The Balaban J connectivity index is 1.91. The van der Waals surface area contributed by atoms with Crippen LogP contribution in [0.25, 0.3) is 0 Å². The molecule has 1 aromatic carbocycles. The number of carbonyl (C=O) groups is 1. The van der Waals surface area contributed by atoms with Crippen LogP contribution in [0.1, 0.15) is 20.8 Å². The zero-order valence-corrected chi connectivity index (χ0v) is 12.4. The lowest BCUT2D eigenvalue weighted by atomic mass is 10.1. The molecule has 1 aromatic rings. The summed E-state index contributed by atoms with van der Waals surface area (Å²) in [5, 5.41) is 2.08. The number of esters is 1. The average Bonchev–Trinajstić information content (AvgIpc) is 2.93. The Morgan fingerprint density at radius 3 is 2.68 bits per heavy atom. The van der Waals surface area contributed by atoms with Crippen LogP contribution in [0.3, 0.4) is 0 Å². The molecule has 0 saturated heterocycles. The first-order valence-corrected chi connectivity index (χ1v) is 7.50. The second kappa shape index (κ2) is 5.83. The summed E-state index contributed by atoms with van der Waals surface area (Å²) in [6.07, 6.45) is 2.14. The minimum absolute atomic E-state index is 0.0140. The topological polar surface area (TPSA) is 26.3 Å². The molecule has 2 rings (SSSR count). The molecule has 0 aromatic heterocycles. The second-order valence-corrected chi connectivity index (χ2v) is 6.32. The summed E-state index contributed by atoms with van der Waals surface area (Å²) >= 11 is 1.68. The lowest BCUT2D eigenvalue weighted by Crippen LogP contribution is -2.10. The predicted molar refractivity (Wildman–Crippen MR) is 78.8 cm³/mol. The molecule has 2 unspecified atom stereocenters. The minimum atomic E-state index is -0.0631. The Hall–Kier alpha value is -1.22. The zero-order valence-electron chi connectivity index (χ0n) is 11.6. The van der Waals surface area contributed by atoms with E-state index in [-0.39, 0.29) is 17.3 Å². The van der Waals surface area contributed by atoms with E-state index in [1.807, 2.05) is 25.1 Å². The molecule has 1 aliphatic rings. The van der Waals surface area contributed by atoms with Gasteiger partial charge in [-0.3, -0.25) is 4.79 Å². The standard InChI is InChI=1S/C16H20O2S/c1-4-18-15(17)14-13(16(14,2)3)10-11-19-12-8-6-5-7-9-12/h5-11,13-14H,4H2,1-3H3/b11-10+. The number of thioether (sulfide) groups is 1. The van der Waals surface area contributed by atoms with Crippen LogP contribution in [0, 0.1) is 17.3 Å². The summed E-state index contributed by atoms with van der Waals surface area (Å²) in [5.74, 6) is 0.245. The number of hydrogen-bond donors (Lipinski definition) is 0. The Bertz CT molecular complexity index is 465.